The zero-order valence-electron chi connectivity index (χ0n) is 16.4. The smallest absolute Gasteiger partial charge is 0.123 e. The van der Waals surface area contributed by atoms with Crippen molar-refractivity contribution in [2.24, 2.45) is 11.3 Å². The minimum atomic E-state index is -0.932. The summed E-state index contributed by atoms with van der Waals surface area (Å²) in [6.07, 6.45) is 4.94. The lowest BCUT2D eigenvalue weighted by atomic mass is 9.73. The molecule has 1 saturated heterocycles. The number of alkyl halides is 1. The molecule has 0 aromatic rings. The van der Waals surface area contributed by atoms with Crippen molar-refractivity contribution in [3.63, 3.8) is 0 Å². The molecule has 1 aliphatic heterocycles. The molecule has 2 aliphatic rings. The van der Waals surface area contributed by atoms with E-state index in [1.54, 1.807) is 0 Å². The molecule has 0 N–H and O–H groups in total. The van der Waals surface area contributed by atoms with Gasteiger partial charge in [0.15, 0.2) is 0 Å². The molecule has 2 rings (SSSR count). The third-order valence-electron chi connectivity index (χ3n) is 5.73. The fourth-order valence-electron chi connectivity index (χ4n) is 4.40. The molecule has 0 spiro atoms. The van der Waals surface area contributed by atoms with Gasteiger partial charge in [0.2, 0.25) is 0 Å². The molecule has 0 bridgehead atoms. The van der Waals surface area contributed by atoms with Crippen LogP contribution in [0.5, 0.6) is 0 Å². The van der Waals surface area contributed by atoms with E-state index in [0.29, 0.717) is 12.0 Å². The van der Waals surface area contributed by atoms with Crippen molar-refractivity contribution in [2.45, 2.75) is 84.9 Å². The molecule has 136 valence electrons. The monoisotopic (exact) mass is 326 g/mol. The summed E-state index contributed by atoms with van der Waals surface area (Å²) in [4.78, 5) is 4.89. The quantitative estimate of drug-likeness (QED) is 0.739. The summed E-state index contributed by atoms with van der Waals surface area (Å²) in [5, 5.41) is 0. The SMILES string of the molecule is CC(C)(C)CC1CCC(F)(CN2CCN(C(C)(C)C)CC2)CC1. The van der Waals surface area contributed by atoms with Crippen LogP contribution in [0.4, 0.5) is 4.39 Å². The van der Waals surface area contributed by atoms with Crippen LogP contribution < -0.4 is 0 Å². The maximum Gasteiger partial charge on any atom is 0.123 e. The van der Waals surface area contributed by atoms with Gasteiger partial charge in [-0.25, -0.2) is 4.39 Å². The fourth-order valence-corrected chi connectivity index (χ4v) is 4.40. The zero-order chi connectivity index (χ0) is 17.3. The Balaban J connectivity index is 1.76. The first-order valence-electron chi connectivity index (χ1n) is 9.63. The van der Waals surface area contributed by atoms with Crippen LogP contribution in [0.1, 0.15) is 73.6 Å². The Morgan fingerprint density at radius 3 is 1.87 bits per heavy atom. The van der Waals surface area contributed by atoms with Gasteiger partial charge < -0.3 is 0 Å². The van der Waals surface area contributed by atoms with E-state index in [0.717, 1.165) is 57.8 Å². The van der Waals surface area contributed by atoms with Crippen molar-refractivity contribution in [3.05, 3.63) is 0 Å². The van der Waals surface area contributed by atoms with Gasteiger partial charge in [-0.1, -0.05) is 20.8 Å². The molecule has 0 atom stereocenters. The van der Waals surface area contributed by atoms with E-state index in [1.807, 2.05) is 0 Å². The number of piperazine rings is 1. The van der Waals surface area contributed by atoms with E-state index in [1.165, 1.54) is 6.42 Å². The highest BCUT2D eigenvalue weighted by molar-refractivity contribution is 4.91. The summed E-state index contributed by atoms with van der Waals surface area (Å²) < 4.78 is 15.2. The molecular formula is C20H39FN2. The largest absolute Gasteiger partial charge is 0.298 e. The van der Waals surface area contributed by atoms with E-state index in [4.69, 9.17) is 0 Å². The summed E-state index contributed by atoms with van der Waals surface area (Å²) in [6.45, 7) is 18.6. The van der Waals surface area contributed by atoms with Gasteiger partial charge in [-0.3, -0.25) is 9.80 Å². The van der Waals surface area contributed by atoms with Gasteiger partial charge in [-0.2, -0.15) is 0 Å². The Labute approximate surface area is 143 Å². The lowest BCUT2D eigenvalue weighted by molar-refractivity contribution is 0.00149. The number of hydrogen-bond donors (Lipinski definition) is 0. The molecule has 0 aromatic heterocycles. The standard InChI is InChI=1S/C20H39FN2/c1-18(2,3)15-17-7-9-20(21,10-8-17)16-22-11-13-23(14-12-22)19(4,5)6/h17H,7-16H2,1-6H3. The van der Waals surface area contributed by atoms with Gasteiger partial charge in [0.25, 0.3) is 0 Å². The molecule has 0 radical (unpaired) electrons. The minimum Gasteiger partial charge on any atom is -0.298 e. The van der Waals surface area contributed by atoms with Gasteiger partial charge in [0.1, 0.15) is 5.67 Å². The Kier molecular flexibility index (Phi) is 5.83. The molecule has 23 heavy (non-hydrogen) atoms. The second kappa shape index (κ2) is 7.00. The van der Waals surface area contributed by atoms with Crippen molar-refractivity contribution in [2.75, 3.05) is 32.7 Å². The number of hydrogen-bond acceptors (Lipinski definition) is 2. The Morgan fingerprint density at radius 1 is 0.913 bits per heavy atom. The van der Waals surface area contributed by atoms with Crippen LogP contribution in [0.15, 0.2) is 0 Å². The fraction of sp³-hybridized carbons (Fsp3) is 1.00. The summed E-state index contributed by atoms with van der Waals surface area (Å²) in [7, 11) is 0. The van der Waals surface area contributed by atoms with Crippen LogP contribution in [-0.4, -0.2) is 53.7 Å². The van der Waals surface area contributed by atoms with Crippen LogP contribution in [0.2, 0.25) is 0 Å². The average molecular weight is 327 g/mol. The van der Waals surface area contributed by atoms with E-state index in [-0.39, 0.29) is 5.54 Å². The summed E-state index contributed by atoms with van der Waals surface area (Å²) in [5.74, 6) is 0.733. The van der Waals surface area contributed by atoms with Crippen LogP contribution in [-0.2, 0) is 0 Å². The van der Waals surface area contributed by atoms with E-state index < -0.39 is 5.67 Å². The molecule has 0 aromatic carbocycles. The van der Waals surface area contributed by atoms with Crippen LogP contribution in [0, 0.1) is 11.3 Å². The van der Waals surface area contributed by atoms with Crippen molar-refractivity contribution in [1.29, 1.82) is 0 Å². The predicted octanol–water partition coefficient (Wildman–Crippen LogP) is 4.74. The van der Waals surface area contributed by atoms with Gasteiger partial charge >= 0.3 is 0 Å². The third-order valence-corrected chi connectivity index (χ3v) is 5.73. The molecule has 0 amide bonds. The Hall–Kier alpha value is -0.150. The number of halogens is 1. The van der Waals surface area contributed by atoms with E-state index >= 15 is 4.39 Å². The Bertz CT molecular complexity index is 364. The van der Waals surface area contributed by atoms with Crippen molar-refractivity contribution in [3.8, 4) is 0 Å². The van der Waals surface area contributed by atoms with E-state index in [9.17, 15) is 0 Å². The average Bonchev–Trinajstić information content (AvgIpc) is 2.40. The molecule has 2 nitrogen and oxygen atoms in total. The molecule has 1 saturated carbocycles. The first-order chi connectivity index (χ1) is 10.5. The highest BCUT2D eigenvalue weighted by Crippen LogP contribution is 2.40. The molecule has 0 unspecified atom stereocenters. The van der Waals surface area contributed by atoms with Gasteiger partial charge in [0.05, 0.1) is 0 Å². The maximum absolute atomic E-state index is 15.2. The number of rotatable bonds is 3. The molecule has 3 heteroatoms. The second-order valence-corrected chi connectivity index (χ2v) is 10.3. The van der Waals surface area contributed by atoms with Crippen LogP contribution in [0.3, 0.4) is 0 Å². The molecular weight excluding hydrogens is 287 g/mol. The highest BCUT2D eigenvalue weighted by Gasteiger charge is 2.38. The normalized spacial score (nSPS) is 32.2. The summed E-state index contributed by atoms with van der Waals surface area (Å²) in [6, 6.07) is 0. The zero-order valence-corrected chi connectivity index (χ0v) is 16.4. The van der Waals surface area contributed by atoms with Gasteiger partial charge in [0, 0.05) is 38.3 Å². The first kappa shape index (κ1) is 19.2. The third kappa shape index (κ3) is 6.01. The van der Waals surface area contributed by atoms with E-state index in [2.05, 4.69) is 51.3 Å². The number of nitrogens with zero attached hydrogens (tertiary/aromatic N) is 2. The first-order valence-corrected chi connectivity index (χ1v) is 9.63. The van der Waals surface area contributed by atoms with Gasteiger partial charge in [-0.05, 0) is 64.2 Å². The van der Waals surface area contributed by atoms with Crippen molar-refractivity contribution < 1.29 is 4.39 Å². The minimum absolute atomic E-state index is 0.241. The topological polar surface area (TPSA) is 6.48 Å². The van der Waals surface area contributed by atoms with Crippen molar-refractivity contribution in [1.82, 2.24) is 9.80 Å². The van der Waals surface area contributed by atoms with Crippen LogP contribution in [0.25, 0.3) is 0 Å². The highest BCUT2D eigenvalue weighted by atomic mass is 19.1. The summed E-state index contributed by atoms with van der Waals surface area (Å²) in [5.41, 5.74) is -0.312. The lowest BCUT2D eigenvalue weighted by Gasteiger charge is -2.45. The maximum atomic E-state index is 15.2. The van der Waals surface area contributed by atoms with Crippen molar-refractivity contribution >= 4 is 0 Å². The molecule has 2 fully saturated rings. The lowest BCUT2D eigenvalue weighted by Crippen LogP contribution is -2.55. The van der Waals surface area contributed by atoms with Gasteiger partial charge in [-0.15, -0.1) is 0 Å². The summed E-state index contributed by atoms with van der Waals surface area (Å²) >= 11 is 0. The van der Waals surface area contributed by atoms with Crippen LogP contribution >= 0.6 is 0 Å². The Morgan fingerprint density at radius 2 is 1.43 bits per heavy atom. The molecule has 1 heterocycles. The predicted molar refractivity (Wildman–Crippen MR) is 97.6 cm³/mol. The molecule has 1 aliphatic carbocycles. The second-order valence-electron chi connectivity index (χ2n) is 10.3.